The highest BCUT2D eigenvalue weighted by molar-refractivity contribution is 7.99. The van der Waals surface area contributed by atoms with Crippen molar-refractivity contribution in [2.24, 2.45) is 0 Å². The fraction of sp³-hybridized carbons (Fsp3) is 0.455. The lowest BCUT2D eigenvalue weighted by Crippen LogP contribution is -2.27. The molecule has 0 radical (unpaired) electrons. The van der Waals surface area contributed by atoms with Crippen LogP contribution in [0.25, 0.3) is 0 Å². The number of hydrogen-bond donors (Lipinski definition) is 2. The van der Waals surface area contributed by atoms with Gasteiger partial charge in [0.05, 0.1) is 16.3 Å². The van der Waals surface area contributed by atoms with Crippen LogP contribution in [0.3, 0.4) is 0 Å². The summed E-state index contributed by atoms with van der Waals surface area (Å²) < 4.78 is 11.2. The first-order chi connectivity index (χ1) is 7.63. The Balaban J connectivity index is 2.36. The zero-order valence-corrected chi connectivity index (χ0v) is 10.3. The van der Waals surface area contributed by atoms with Crippen molar-refractivity contribution in [1.29, 1.82) is 0 Å². The second kappa shape index (κ2) is 4.43. The van der Waals surface area contributed by atoms with E-state index >= 15 is 0 Å². The monoisotopic (exact) mass is 240 g/mol. The van der Waals surface area contributed by atoms with E-state index < -0.39 is 0 Å². The minimum atomic E-state index is -0.231. The van der Waals surface area contributed by atoms with Crippen LogP contribution in [0.5, 0.6) is 5.75 Å². The summed E-state index contributed by atoms with van der Waals surface area (Å²) in [6.45, 7) is 4.49. The Morgan fingerprint density at radius 1 is 1.56 bits per heavy atom. The van der Waals surface area contributed by atoms with Gasteiger partial charge in [-0.05, 0) is 25.5 Å². The topological polar surface area (TPSA) is 70.5 Å². The summed E-state index contributed by atoms with van der Waals surface area (Å²) in [5.74, 6) is 1.42. The minimum Gasteiger partial charge on any atom is -0.461 e. The first-order valence-electron chi connectivity index (χ1n) is 5.23. The van der Waals surface area contributed by atoms with E-state index in [9.17, 15) is 0 Å². The first-order valence-corrected chi connectivity index (χ1v) is 6.21. The number of benzene rings is 1. The molecule has 1 aromatic carbocycles. The van der Waals surface area contributed by atoms with Crippen LogP contribution >= 0.6 is 11.8 Å². The van der Waals surface area contributed by atoms with E-state index in [0.717, 1.165) is 21.9 Å². The molecule has 0 spiro atoms. The number of rotatable bonds is 2. The molecule has 0 aliphatic carbocycles. The summed E-state index contributed by atoms with van der Waals surface area (Å²) in [4.78, 5) is 0.930. The van der Waals surface area contributed by atoms with Crippen molar-refractivity contribution in [3.63, 3.8) is 0 Å². The molecule has 1 aliphatic rings. The normalized spacial score (nSPS) is 19.0. The zero-order chi connectivity index (χ0) is 11.7. The first kappa shape index (κ1) is 11.4. The van der Waals surface area contributed by atoms with Crippen molar-refractivity contribution in [2.75, 3.05) is 23.8 Å². The van der Waals surface area contributed by atoms with Gasteiger partial charge in [-0.1, -0.05) is 0 Å². The van der Waals surface area contributed by atoms with Crippen LogP contribution < -0.4 is 16.2 Å². The highest BCUT2D eigenvalue weighted by Crippen LogP contribution is 2.45. The molecule has 2 rings (SSSR count). The van der Waals surface area contributed by atoms with Gasteiger partial charge in [-0.25, -0.2) is 0 Å². The molecule has 1 aliphatic heterocycles. The fourth-order valence-corrected chi connectivity index (χ4v) is 2.64. The van der Waals surface area contributed by atoms with Crippen LogP contribution in [0.15, 0.2) is 11.0 Å². The summed E-state index contributed by atoms with van der Waals surface area (Å²) in [6, 6.07) is 1.88. The summed E-state index contributed by atoms with van der Waals surface area (Å²) in [6.07, 6.45) is -0.231. The van der Waals surface area contributed by atoms with Gasteiger partial charge in [-0.15, -0.1) is 11.8 Å². The second-order valence-corrected chi connectivity index (χ2v) is 4.70. The van der Waals surface area contributed by atoms with Crippen molar-refractivity contribution in [2.45, 2.75) is 25.0 Å². The van der Waals surface area contributed by atoms with Gasteiger partial charge < -0.3 is 20.9 Å². The Labute approximate surface area is 99.3 Å². The molecular formula is C11H16N2O2S. The number of nitrogen functional groups attached to an aromatic ring is 2. The highest BCUT2D eigenvalue weighted by Gasteiger charge is 2.25. The molecule has 0 bridgehead atoms. The summed E-state index contributed by atoms with van der Waals surface area (Å²) in [7, 11) is 0. The van der Waals surface area contributed by atoms with E-state index in [-0.39, 0.29) is 6.29 Å². The Bertz CT molecular complexity index is 409. The molecule has 0 amide bonds. The lowest BCUT2D eigenvalue weighted by molar-refractivity contribution is -0.0609. The smallest absolute Gasteiger partial charge is 0.209 e. The molecule has 1 aromatic rings. The van der Waals surface area contributed by atoms with Crippen LogP contribution in [0, 0.1) is 6.92 Å². The van der Waals surface area contributed by atoms with Crippen LogP contribution in [0.2, 0.25) is 0 Å². The maximum absolute atomic E-state index is 5.98. The van der Waals surface area contributed by atoms with Gasteiger partial charge in [0, 0.05) is 12.3 Å². The van der Waals surface area contributed by atoms with Crippen molar-refractivity contribution < 1.29 is 9.47 Å². The van der Waals surface area contributed by atoms with Crippen LogP contribution in [0.1, 0.15) is 12.5 Å². The number of fused-ring (bicyclic) bond motifs is 1. The van der Waals surface area contributed by atoms with E-state index in [1.54, 1.807) is 11.8 Å². The minimum absolute atomic E-state index is 0.231. The molecule has 5 heteroatoms. The Morgan fingerprint density at radius 3 is 3.00 bits per heavy atom. The maximum atomic E-state index is 5.98. The molecule has 1 heterocycles. The van der Waals surface area contributed by atoms with Gasteiger partial charge in [0.1, 0.15) is 0 Å². The fourth-order valence-electron chi connectivity index (χ4n) is 1.66. The van der Waals surface area contributed by atoms with Gasteiger partial charge in [-0.2, -0.15) is 0 Å². The molecule has 4 N–H and O–H groups in total. The third-order valence-electron chi connectivity index (χ3n) is 2.48. The quantitative estimate of drug-likeness (QED) is 0.774. The average molecular weight is 240 g/mol. The molecule has 0 aromatic heterocycles. The largest absolute Gasteiger partial charge is 0.461 e. The molecule has 0 fully saturated rings. The molecule has 0 saturated carbocycles. The lowest BCUT2D eigenvalue weighted by Gasteiger charge is -2.27. The molecule has 1 unspecified atom stereocenters. The van der Waals surface area contributed by atoms with Crippen LogP contribution in [-0.4, -0.2) is 18.6 Å². The van der Waals surface area contributed by atoms with E-state index in [1.807, 2.05) is 19.9 Å². The SMILES string of the molecule is CCOC1CSc2c(N)cc(C)c(N)c2O1. The van der Waals surface area contributed by atoms with E-state index in [0.29, 0.717) is 18.0 Å². The molecule has 88 valence electrons. The predicted molar refractivity (Wildman–Crippen MR) is 66.8 cm³/mol. The van der Waals surface area contributed by atoms with E-state index in [1.165, 1.54) is 0 Å². The Morgan fingerprint density at radius 2 is 2.31 bits per heavy atom. The van der Waals surface area contributed by atoms with E-state index in [2.05, 4.69) is 0 Å². The molecule has 16 heavy (non-hydrogen) atoms. The van der Waals surface area contributed by atoms with Crippen LogP contribution in [0.4, 0.5) is 11.4 Å². The number of thioether (sulfide) groups is 1. The molecule has 1 atom stereocenters. The summed E-state index contributed by atoms with van der Waals surface area (Å²) >= 11 is 1.63. The summed E-state index contributed by atoms with van der Waals surface area (Å²) in [5, 5.41) is 0. The molecular weight excluding hydrogens is 224 g/mol. The van der Waals surface area contributed by atoms with Crippen molar-refractivity contribution >= 4 is 23.1 Å². The van der Waals surface area contributed by atoms with Gasteiger partial charge in [0.2, 0.25) is 6.29 Å². The Hall–Kier alpha value is -1.07. The van der Waals surface area contributed by atoms with Gasteiger partial charge in [-0.3, -0.25) is 0 Å². The maximum Gasteiger partial charge on any atom is 0.209 e. The predicted octanol–water partition coefficient (Wildman–Crippen LogP) is 2.01. The molecule has 0 saturated heterocycles. The Kier molecular flexibility index (Phi) is 3.16. The average Bonchev–Trinajstić information content (AvgIpc) is 2.26. The van der Waals surface area contributed by atoms with Crippen LogP contribution in [-0.2, 0) is 4.74 Å². The van der Waals surface area contributed by atoms with Crippen molar-refractivity contribution in [1.82, 2.24) is 0 Å². The van der Waals surface area contributed by atoms with Gasteiger partial charge in [0.15, 0.2) is 5.75 Å². The van der Waals surface area contributed by atoms with E-state index in [4.69, 9.17) is 20.9 Å². The number of anilines is 2. The number of nitrogens with two attached hydrogens (primary N) is 2. The third kappa shape index (κ3) is 1.92. The van der Waals surface area contributed by atoms with Gasteiger partial charge in [0.25, 0.3) is 0 Å². The summed E-state index contributed by atoms with van der Waals surface area (Å²) in [5.41, 5.74) is 14.2. The third-order valence-corrected chi connectivity index (χ3v) is 3.62. The van der Waals surface area contributed by atoms with Crippen molar-refractivity contribution in [3.8, 4) is 5.75 Å². The van der Waals surface area contributed by atoms with Gasteiger partial charge >= 0.3 is 0 Å². The highest BCUT2D eigenvalue weighted by atomic mass is 32.2. The number of aryl methyl sites for hydroxylation is 1. The second-order valence-electron chi connectivity index (χ2n) is 3.67. The number of hydrogen-bond acceptors (Lipinski definition) is 5. The lowest BCUT2D eigenvalue weighted by atomic mass is 10.1. The van der Waals surface area contributed by atoms with Crippen molar-refractivity contribution in [3.05, 3.63) is 11.6 Å². The zero-order valence-electron chi connectivity index (χ0n) is 9.45. The molecule has 4 nitrogen and oxygen atoms in total. The number of ether oxygens (including phenoxy) is 2. The standard InChI is InChI=1S/C11H16N2O2S/c1-3-14-8-5-16-11-7(12)4-6(2)9(13)10(11)15-8/h4,8H,3,5,12-13H2,1-2H3.